The van der Waals surface area contributed by atoms with Gasteiger partial charge in [-0.25, -0.2) is 0 Å². The number of methoxy groups -OCH3 is 1. The Balaban J connectivity index is 1.47. The highest BCUT2D eigenvalue weighted by molar-refractivity contribution is 7.86. The molecule has 0 spiro atoms. The molecule has 0 heterocycles. The Labute approximate surface area is 207 Å². The number of azide groups is 1. The molecule has 0 radical (unpaired) electrons. The number of benzene rings is 2. The predicted molar refractivity (Wildman–Crippen MR) is 134 cm³/mol. The van der Waals surface area contributed by atoms with E-state index in [9.17, 15) is 8.42 Å². The molecule has 2 fully saturated rings. The van der Waals surface area contributed by atoms with Crippen LogP contribution in [0.1, 0.15) is 55.2 Å². The molecule has 5 rings (SSSR count). The number of aryl methyl sites for hydroxylation is 2. The van der Waals surface area contributed by atoms with Crippen molar-refractivity contribution >= 4 is 10.1 Å². The Morgan fingerprint density at radius 2 is 1.94 bits per heavy atom. The molecule has 35 heavy (non-hydrogen) atoms. The van der Waals surface area contributed by atoms with Crippen molar-refractivity contribution in [2.75, 3.05) is 13.7 Å². The summed E-state index contributed by atoms with van der Waals surface area (Å²) >= 11 is 0. The first kappa shape index (κ1) is 24.2. The van der Waals surface area contributed by atoms with Gasteiger partial charge in [0.25, 0.3) is 10.1 Å². The van der Waals surface area contributed by atoms with Gasteiger partial charge in [-0.15, -0.1) is 0 Å². The normalized spacial score (nSPS) is 31.6. The van der Waals surface area contributed by atoms with Gasteiger partial charge >= 0.3 is 0 Å². The van der Waals surface area contributed by atoms with E-state index in [1.165, 1.54) is 11.1 Å². The van der Waals surface area contributed by atoms with Crippen LogP contribution in [0.4, 0.5) is 0 Å². The summed E-state index contributed by atoms with van der Waals surface area (Å²) in [7, 11) is -2.24. The van der Waals surface area contributed by atoms with Gasteiger partial charge in [0.2, 0.25) is 0 Å². The lowest BCUT2D eigenvalue weighted by atomic mass is 9.55. The van der Waals surface area contributed by atoms with Crippen LogP contribution in [0.15, 0.2) is 52.5 Å². The molecule has 2 aromatic carbocycles. The van der Waals surface area contributed by atoms with Crippen molar-refractivity contribution in [1.82, 2.24) is 0 Å². The average molecular weight is 496 g/mol. The minimum absolute atomic E-state index is 0.128. The maximum Gasteiger partial charge on any atom is 0.297 e. The molecule has 3 aliphatic carbocycles. The van der Waals surface area contributed by atoms with E-state index in [1.54, 1.807) is 31.4 Å². The molecule has 0 aliphatic heterocycles. The van der Waals surface area contributed by atoms with Gasteiger partial charge in [-0.3, -0.25) is 4.18 Å². The predicted octanol–water partition coefficient (Wildman–Crippen LogP) is 6.17. The maximum absolute atomic E-state index is 13.3. The fraction of sp³-hybridized carbons (Fsp3) is 0.556. The number of hydrogen-bond donors (Lipinski definition) is 0. The third kappa shape index (κ3) is 4.22. The van der Waals surface area contributed by atoms with Crippen LogP contribution in [0.5, 0.6) is 5.75 Å². The highest BCUT2D eigenvalue weighted by Gasteiger charge is 2.59. The van der Waals surface area contributed by atoms with Crippen molar-refractivity contribution in [2.24, 2.45) is 28.3 Å². The third-order valence-corrected chi connectivity index (χ3v) is 10.2. The van der Waals surface area contributed by atoms with E-state index in [-0.39, 0.29) is 22.8 Å². The van der Waals surface area contributed by atoms with E-state index >= 15 is 0 Å². The fourth-order valence-electron chi connectivity index (χ4n) is 7.22. The first-order valence-corrected chi connectivity index (χ1v) is 13.9. The molecule has 0 aromatic heterocycles. The summed E-state index contributed by atoms with van der Waals surface area (Å²) in [6.45, 7) is 4.37. The minimum Gasteiger partial charge on any atom is -0.497 e. The van der Waals surface area contributed by atoms with Crippen molar-refractivity contribution in [3.05, 3.63) is 69.6 Å². The molecule has 186 valence electrons. The smallest absolute Gasteiger partial charge is 0.297 e. The first-order valence-electron chi connectivity index (χ1n) is 12.4. The molecule has 3 aliphatic rings. The zero-order valence-corrected chi connectivity index (χ0v) is 21.4. The SMILES string of the molecule is COc1ccc2c(c1)CC[C@@H]1[C@@H]2CC[C@@]2(C)[C@H]1C[C@@H](CN=[N+]=[N-])[C@@H]2OS(=O)(=O)c1ccc(C)cc1. The Morgan fingerprint density at radius 1 is 1.17 bits per heavy atom. The molecule has 6 atom stereocenters. The molecule has 8 heteroatoms. The molecular weight excluding hydrogens is 462 g/mol. The summed E-state index contributed by atoms with van der Waals surface area (Å²) in [6, 6.07) is 13.2. The van der Waals surface area contributed by atoms with Crippen LogP contribution in [-0.2, 0) is 20.7 Å². The summed E-state index contributed by atoms with van der Waals surface area (Å²) in [5.74, 6) is 1.99. The van der Waals surface area contributed by atoms with Gasteiger partial charge in [0, 0.05) is 11.5 Å². The zero-order valence-electron chi connectivity index (χ0n) is 20.6. The molecule has 2 saturated carbocycles. The quantitative estimate of drug-likeness (QED) is 0.207. The van der Waals surface area contributed by atoms with Crippen molar-refractivity contribution in [3.8, 4) is 5.75 Å². The van der Waals surface area contributed by atoms with Crippen LogP contribution in [0.3, 0.4) is 0 Å². The van der Waals surface area contributed by atoms with Gasteiger partial charge in [0.1, 0.15) is 5.75 Å². The Hall–Kier alpha value is -2.54. The van der Waals surface area contributed by atoms with Gasteiger partial charge in [-0.05, 0) is 109 Å². The highest BCUT2D eigenvalue weighted by atomic mass is 32.2. The van der Waals surface area contributed by atoms with Gasteiger partial charge in [-0.1, -0.05) is 35.8 Å². The van der Waals surface area contributed by atoms with Gasteiger partial charge in [0.15, 0.2) is 0 Å². The molecule has 0 amide bonds. The lowest BCUT2D eigenvalue weighted by Crippen LogP contribution is -2.46. The van der Waals surface area contributed by atoms with Crippen molar-refractivity contribution in [1.29, 1.82) is 0 Å². The molecule has 7 nitrogen and oxygen atoms in total. The van der Waals surface area contributed by atoms with E-state index in [2.05, 4.69) is 29.1 Å². The summed E-state index contributed by atoms with van der Waals surface area (Å²) in [5.41, 5.74) is 12.5. The van der Waals surface area contributed by atoms with Crippen LogP contribution in [0, 0.1) is 30.1 Å². The Morgan fingerprint density at radius 3 is 2.66 bits per heavy atom. The summed E-state index contributed by atoms with van der Waals surface area (Å²) in [6.07, 6.45) is 4.24. The standard InChI is InChI=1S/C27H33N3O4S/c1-17-4-8-21(9-5-17)35(31,32)34-26-19(16-29-30-28)15-25-24-10-6-18-14-20(33-3)7-11-22(18)23(24)12-13-27(25,26)2/h4-5,7-9,11,14,19,23-26H,6,10,12-13,15-16H2,1-3H3/t19-,23+,24+,25-,26-,27-/m0/s1. The van der Waals surface area contributed by atoms with E-state index in [0.29, 0.717) is 17.8 Å². The maximum atomic E-state index is 13.3. The molecule has 0 saturated heterocycles. The summed E-state index contributed by atoms with van der Waals surface area (Å²) in [4.78, 5) is 3.15. The van der Waals surface area contributed by atoms with E-state index in [0.717, 1.165) is 43.4 Å². The Bertz CT molecular complexity index is 1260. The van der Waals surface area contributed by atoms with Crippen molar-refractivity contribution in [2.45, 2.75) is 62.9 Å². The van der Waals surface area contributed by atoms with E-state index < -0.39 is 16.2 Å². The Kier molecular flexibility index (Phi) is 6.32. The van der Waals surface area contributed by atoms with Crippen molar-refractivity contribution < 1.29 is 17.3 Å². The number of rotatable bonds is 6. The molecule has 0 N–H and O–H groups in total. The van der Waals surface area contributed by atoms with E-state index in [4.69, 9.17) is 14.5 Å². The second kappa shape index (κ2) is 9.16. The monoisotopic (exact) mass is 495 g/mol. The first-order chi connectivity index (χ1) is 16.8. The summed E-state index contributed by atoms with van der Waals surface area (Å²) in [5, 5.41) is 3.86. The molecule has 0 bridgehead atoms. The van der Waals surface area contributed by atoms with Gasteiger partial charge in [0.05, 0.1) is 18.1 Å². The number of fused-ring (bicyclic) bond motifs is 5. The lowest BCUT2D eigenvalue weighted by molar-refractivity contribution is -0.0153. The highest BCUT2D eigenvalue weighted by Crippen LogP contribution is 2.63. The minimum atomic E-state index is -3.94. The molecule has 0 unspecified atom stereocenters. The number of hydrogen-bond acceptors (Lipinski definition) is 5. The fourth-order valence-corrected chi connectivity index (χ4v) is 8.45. The second-order valence-corrected chi connectivity index (χ2v) is 12.3. The van der Waals surface area contributed by atoms with Crippen LogP contribution in [0.2, 0.25) is 0 Å². The van der Waals surface area contributed by atoms with Gasteiger partial charge in [-0.2, -0.15) is 8.42 Å². The van der Waals surface area contributed by atoms with Crippen LogP contribution < -0.4 is 4.74 Å². The lowest BCUT2D eigenvalue weighted by Gasteiger charge is -2.50. The van der Waals surface area contributed by atoms with Crippen LogP contribution in [-0.4, -0.2) is 28.2 Å². The average Bonchev–Trinajstić information content (AvgIpc) is 3.13. The third-order valence-electron chi connectivity index (χ3n) is 8.93. The topological polar surface area (TPSA) is 101 Å². The van der Waals surface area contributed by atoms with Crippen LogP contribution in [0.25, 0.3) is 10.4 Å². The second-order valence-electron chi connectivity index (χ2n) is 10.7. The largest absolute Gasteiger partial charge is 0.497 e. The number of ether oxygens (including phenoxy) is 1. The van der Waals surface area contributed by atoms with Gasteiger partial charge < -0.3 is 4.74 Å². The zero-order chi connectivity index (χ0) is 24.8. The van der Waals surface area contributed by atoms with Crippen molar-refractivity contribution in [3.63, 3.8) is 0 Å². The van der Waals surface area contributed by atoms with E-state index in [1.807, 2.05) is 13.0 Å². The summed E-state index contributed by atoms with van der Waals surface area (Å²) < 4.78 is 38.1. The number of nitrogens with zero attached hydrogens (tertiary/aromatic N) is 3. The molecular formula is C27H33N3O4S. The van der Waals surface area contributed by atoms with Crippen LogP contribution >= 0.6 is 0 Å². The molecule has 2 aromatic rings.